The van der Waals surface area contributed by atoms with Crippen LogP contribution in [0.3, 0.4) is 0 Å². The summed E-state index contributed by atoms with van der Waals surface area (Å²) in [5.74, 6) is 1.61. The first kappa shape index (κ1) is 7.76. The maximum Gasteiger partial charge on any atom is 0.119 e. The molecule has 1 unspecified atom stereocenters. The highest BCUT2D eigenvalue weighted by Gasteiger charge is 2.30. The molecule has 0 amide bonds. The Kier molecular flexibility index (Phi) is 2.73. The van der Waals surface area contributed by atoms with E-state index in [2.05, 4.69) is 13.8 Å². The lowest BCUT2D eigenvalue weighted by molar-refractivity contribution is 0.593. The van der Waals surface area contributed by atoms with Gasteiger partial charge in [0.05, 0.1) is 16.0 Å². The van der Waals surface area contributed by atoms with Crippen molar-refractivity contribution < 1.29 is 4.55 Å². The minimum absolute atomic E-state index is 0.557. The topological polar surface area (TPSA) is 23.1 Å². The lowest BCUT2D eigenvalue weighted by Crippen LogP contribution is -2.05. The predicted octanol–water partition coefficient (Wildman–Crippen LogP) is 1.81. The Hall–Kier alpha value is 0.660. The van der Waals surface area contributed by atoms with E-state index in [1.165, 1.54) is 0 Å². The molecular weight excluding hydrogens is 152 g/mol. The first-order valence-electron chi connectivity index (χ1n) is 3.25. The minimum Gasteiger partial charge on any atom is -0.605 e. The molecule has 1 saturated heterocycles. The van der Waals surface area contributed by atoms with Crippen molar-refractivity contribution in [1.82, 2.24) is 0 Å². The van der Waals surface area contributed by atoms with Crippen LogP contribution in [0.15, 0.2) is 0 Å². The molecule has 0 aromatic rings. The van der Waals surface area contributed by atoms with Gasteiger partial charge >= 0.3 is 0 Å². The molecule has 2 atom stereocenters. The van der Waals surface area contributed by atoms with Gasteiger partial charge in [-0.2, -0.15) is 0 Å². The maximum absolute atomic E-state index is 10.8. The zero-order valence-electron chi connectivity index (χ0n) is 5.79. The van der Waals surface area contributed by atoms with Gasteiger partial charge in [0.2, 0.25) is 0 Å². The average molecular weight is 164 g/mol. The summed E-state index contributed by atoms with van der Waals surface area (Å²) in [5, 5.41) is 0.658. The lowest BCUT2D eigenvalue weighted by atomic mass is 10.1. The monoisotopic (exact) mass is 164 g/mol. The highest BCUT2D eigenvalue weighted by atomic mass is 33.1. The molecule has 0 radical (unpaired) electrons. The van der Waals surface area contributed by atoms with Gasteiger partial charge in [0.1, 0.15) is 5.75 Å². The van der Waals surface area contributed by atoms with Crippen LogP contribution in [-0.2, 0) is 10.2 Å². The van der Waals surface area contributed by atoms with Crippen molar-refractivity contribution in [2.24, 2.45) is 5.92 Å². The van der Waals surface area contributed by atoms with E-state index in [-0.39, 0.29) is 0 Å². The molecule has 0 aromatic carbocycles. The first-order valence-corrected chi connectivity index (χ1v) is 5.97. The van der Waals surface area contributed by atoms with Crippen molar-refractivity contribution in [3.63, 3.8) is 0 Å². The summed E-state index contributed by atoms with van der Waals surface area (Å²) in [6.07, 6.45) is 1.15. The summed E-state index contributed by atoms with van der Waals surface area (Å²) in [6, 6.07) is 0. The van der Waals surface area contributed by atoms with Crippen molar-refractivity contribution in [1.29, 1.82) is 0 Å². The molecule has 1 aliphatic heterocycles. The van der Waals surface area contributed by atoms with Crippen molar-refractivity contribution in [3.05, 3.63) is 0 Å². The zero-order valence-corrected chi connectivity index (χ0v) is 7.43. The van der Waals surface area contributed by atoms with Crippen LogP contribution in [0.2, 0.25) is 0 Å². The van der Waals surface area contributed by atoms with Crippen LogP contribution in [0.4, 0.5) is 0 Å². The third kappa shape index (κ3) is 2.06. The normalized spacial score (nSPS) is 36.0. The Morgan fingerprint density at radius 3 is 2.56 bits per heavy atom. The van der Waals surface area contributed by atoms with Crippen molar-refractivity contribution in [2.45, 2.75) is 25.5 Å². The molecule has 1 fully saturated rings. The summed E-state index contributed by atoms with van der Waals surface area (Å²) in [7, 11) is 1.09. The third-order valence-electron chi connectivity index (χ3n) is 1.54. The second-order valence-electron chi connectivity index (χ2n) is 2.68. The summed E-state index contributed by atoms with van der Waals surface area (Å²) in [4.78, 5) is 0. The van der Waals surface area contributed by atoms with E-state index in [4.69, 9.17) is 0 Å². The van der Waals surface area contributed by atoms with E-state index >= 15 is 0 Å². The predicted molar refractivity (Wildman–Crippen MR) is 43.8 cm³/mol. The minimum atomic E-state index is -0.557. The highest BCUT2D eigenvalue weighted by molar-refractivity contribution is 8.72. The number of rotatable bonds is 1. The first-order chi connectivity index (χ1) is 4.20. The molecule has 0 bridgehead atoms. The van der Waals surface area contributed by atoms with Crippen LogP contribution in [0.25, 0.3) is 0 Å². The van der Waals surface area contributed by atoms with Crippen LogP contribution in [0, 0.1) is 5.92 Å². The van der Waals surface area contributed by atoms with E-state index in [0.717, 1.165) is 12.2 Å². The molecule has 54 valence electrons. The van der Waals surface area contributed by atoms with E-state index in [9.17, 15) is 4.55 Å². The molecule has 1 heterocycles. The molecule has 0 saturated carbocycles. The molecule has 1 aliphatic rings. The van der Waals surface area contributed by atoms with Crippen LogP contribution >= 0.6 is 10.8 Å². The fourth-order valence-corrected chi connectivity index (χ4v) is 4.65. The Bertz CT molecular complexity index is 95.1. The standard InChI is InChI=1S/C6H12OS2/c1-5(2)6-3-4-9(7)8-6/h5-6H,3-4H2,1-2H3/t6?,9-/m1/s1. The second-order valence-corrected chi connectivity index (χ2v) is 6.18. The summed E-state index contributed by atoms with van der Waals surface area (Å²) < 4.78 is 10.8. The molecule has 1 nitrogen and oxygen atoms in total. The van der Waals surface area contributed by atoms with E-state index in [1.54, 1.807) is 10.8 Å². The molecule has 3 heteroatoms. The van der Waals surface area contributed by atoms with Gasteiger partial charge in [-0.05, 0) is 5.92 Å². The molecule has 1 rings (SSSR count). The van der Waals surface area contributed by atoms with Gasteiger partial charge in [-0.15, -0.1) is 0 Å². The van der Waals surface area contributed by atoms with Gasteiger partial charge in [0.25, 0.3) is 0 Å². The van der Waals surface area contributed by atoms with Gasteiger partial charge in [0.15, 0.2) is 0 Å². The van der Waals surface area contributed by atoms with Crippen molar-refractivity contribution in [2.75, 3.05) is 5.75 Å². The molecule has 0 aromatic heterocycles. The maximum atomic E-state index is 10.8. The average Bonchev–Trinajstić information content (AvgIpc) is 2.14. The Morgan fingerprint density at radius 2 is 2.33 bits per heavy atom. The second kappa shape index (κ2) is 3.17. The quantitative estimate of drug-likeness (QED) is 0.436. The Morgan fingerprint density at radius 1 is 1.67 bits per heavy atom. The SMILES string of the molecule is CC(C)C1CC[S@+]([O-])S1. The zero-order chi connectivity index (χ0) is 6.85. The molecule has 9 heavy (non-hydrogen) atoms. The van der Waals surface area contributed by atoms with Gasteiger partial charge in [-0.25, -0.2) is 0 Å². The largest absolute Gasteiger partial charge is 0.605 e. The number of hydrogen-bond acceptors (Lipinski definition) is 2. The van der Waals surface area contributed by atoms with Gasteiger partial charge < -0.3 is 4.55 Å². The van der Waals surface area contributed by atoms with Crippen LogP contribution in [0.1, 0.15) is 20.3 Å². The van der Waals surface area contributed by atoms with E-state index < -0.39 is 10.2 Å². The van der Waals surface area contributed by atoms with Crippen molar-refractivity contribution in [3.8, 4) is 0 Å². The molecule has 0 aliphatic carbocycles. The van der Waals surface area contributed by atoms with Crippen LogP contribution in [0.5, 0.6) is 0 Å². The van der Waals surface area contributed by atoms with Gasteiger partial charge in [0, 0.05) is 16.6 Å². The van der Waals surface area contributed by atoms with Crippen LogP contribution < -0.4 is 0 Å². The van der Waals surface area contributed by atoms with E-state index in [0.29, 0.717) is 11.2 Å². The smallest absolute Gasteiger partial charge is 0.119 e. The van der Waals surface area contributed by atoms with Crippen molar-refractivity contribution >= 4 is 21.0 Å². The fourth-order valence-electron chi connectivity index (χ4n) is 0.891. The summed E-state index contributed by atoms with van der Waals surface area (Å²) in [5.41, 5.74) is 0. The Labute approximate surface area is 63.2 Å². The molecule has 0 spiro atoms. The summed E-state index contributed by atoms with van der Waals surface area (Å²) in [6.45, 7) is 4.39. The van der Waals surface area contributed by atoms with Gasteiger partial charge in [-0.3, -0.25) is 0 Å². The molecule has 0 N–H and O–H groups in total. The highest BCUT2D eigenvalue weighted by Crippen LogP contribution is 2.35. The summed E-state index contributed by atoms with van der Waals surface area (Å²) >= 11 is 0. The third-order valence-corrected chi connectivity index (χ3v) is 5.24. The number of hydrogen-bond donors (Lipinski definition) is 0. The van der Waals surface area contributed by atoms with Crippen LogP contribution in [-0.4, -0.2) is 15.6 Å². The Balaban J connectivity index is 2.30. The molecular formula is C6H12OS2. The van der Waals surface area contributed by atoms with Gasteiger partial charge in [-0.1, -0.05) is 13.8 Å². The lowest BCUT2D eigenvalue weighted by Gasteiger charge is -2.07. The fraction of sp³-hybridized carbons (Fsp3) is 1.00. The van der Waals surface area contributed by atoms with E-state index in [1.807, 2.05) is 0 Å².